The minimum Gasteiger partial charge on any atom is -0.379 e. The lowest BCUT2D eigenvalue weighted by atomic mass is 9.78. The Morgan fingerprint density at radius 1 is 1.07 bits per heavy atom. The standard InChI is InChI=1S/C24H32N4O2/c1-26(2)22-5-3-21(4-6-22)23(29)28-13-9-24(10-14-28)18-27(15-16-30-19-24)17-20-7-11-25-12-8-20/h3-8,11-12H,9-10,13-19H2,1-2H3. The van der Waals surface area contributed by atoms with Gasteiger partial charge in [-0.25, -0.2) is 0 Å². The molecule has 0 bridgehead atoms. The van der Waals surface area contributed by atoms with Gasteiger partial charge >= 0.3 is 0 Å². The third kappa shape index (κ3) is 4.82. The Morgan fingerprint density at radius 2 is 1.77 bits per heavy atom. The number of piperidine rings is 1. The largest absolute Gasteiger partial charge is 0.379 e. The number of nitrogens with zero attached hydrogens (tertiary/aromatic N) is 4. The van der Waals surface area contributed by atoms with Crippen molar-refractivity contribution in [3.8, 4) is 0 Å². The predicted molar refractivity (Wildman–Crippen MR) is 119 cm³/mol. The van der Waals surface area contributed by atoms with Crippen LogP contribution >= 0.6 is 0 Å². The summed E-state index contributed by atoms with van der Waals surface area (Å²) in [5.41, 5.74) is 3.30. The first kappa shape index (κ1) is 20.8. The molecule has 6 heteroatoms. The van der Waals surface area contributed by atoms with Gasteiger partial charge in [0.2, 0.25) is 0 Å². The van der Waals surface area contributed by atoms with E-state index in [0.717, 1.165) is 70.0 Å². The van der Waals surface area contributed by atoms with Crippen molar-refractivity contribution < 1.29 is 9.53 Å². The van der Waals surface area contributed by atoms with Gasteiger partial charge in [-0.3, -0.25) is 14.7 Å². The van der Waals surface area contributed by atoms with Crippen molar-refractivity contribution in [3.05, 3.63) is 59.9 Å². The number of likely N-dealkylation sites (tertiary alicyclic amines) is 1. The molecule has 4 rings (SSSR count). The van der Waals surface area contributed by atoms with Crippen LogP contribution in [0.5, 0.6) is 0 Å². The first-order valence-corrected chi connectivity index (χ1v) is 10.8. The molecule has 0 radical (unpaired) electrons. The number of rotatable bonds is 4. The van der Waals surface area contributed by atoms with Crippen LogP contribution in [0.3, 0.4) is 0 Å². The lowest BCUT2D eigenvalue weighted by Crippen LogP contribution is -2.48. The van der Waals surface area contributed by atoms with Crippen LogP contribution in [0, 0.1) is 5.41 Å². The zero-order valence-electron chi connectivity index (χ0n) is 18.1. The molecule has 2 aliphatic heterocycles. The Hall–Kier alpha value is -2.44. The number of aromatic nitrogens is 1. The number of hydrogen-bond donors (Lipinski definition) is 0. The Labute approximate surface area is 179 Å². The van der Waals surface area contributed by atoms with E-state index in [1.165, 1.54) is 5.56 Å². The highest BCUT2D eigenvalue weighted by Gasteiger charge is 2.39. The Balaban J connectivity index is 1.37. The number of amides is 1. The van der Waals surface area contributed by atoms with E-state index in [2.05, 4.69) is 22.0 Å². The van der Waals surface area contributed by atoms with Crippen LogP contribution in [0.4, 0.5) is 5.69 Å². The van der Waals surface area contributed by atoms with Crippen LogP contribution in [0.15, 0.2) is 48.8 Å². The van der Waals surface area contributed by atoms with E-state index < -0.39 is 0 Å². The van der Waals surface area contributed by atoms with Crippen molar-refractivity contribution in [2.45, 2.75) is 19.4 Å². The monoisotopic (exact) mass is 408 g/mol. The first-order valence-electron chi connectivity index (χ1n) is 10.8. The molecule has 0 saturated carbocycles. The number of carbonyl (C=O) groups excluding carboxylic acids is 1. The lowest BCUT2D eigenvalue weighted by molar-refractivity contribution is 0.0145. The van der Waals surface area contributed by atoms with Gasteiger partial charge in [0.15, 0.2) is 0 Å². The molecule has 1 aromatic heterocycles. The number of hydrogen-bond acceptors (Lipinski definition) is 5. The fourth-order valence-corrected chi connectivity index (χ4v) is 4.53. The number of pyridine rings is 1. The third-order valence-corrected chi connectivity index (χ3v) is 6.42. The van der Waals surface area contributed by atoms with Gasteiger partial charge < -0.3 is 14.5 Å². The summed E-state index contributed by atoms with van der Waals surface area (Å²) in [6.07, 6.45) is 5.69. The highest BCUT2D eigenvalue weighted by Crippen LogP contribution is 2.35. The molecule has 0 unspecified atom stereocenters. The molecule has 0 N–H and O–H groups in total. The highest BCUT2D eigenvalue weighted by molar-refractivity contribution is 5.94. The van der Waals surface area contributed by atoms with Crippen molar-refractivity contribution in [1.29, 1.82) is 0 Å². The molecule has 0 aliphatic carbocycles. The van der Waals surface area contributed by atoms with Crippen LogP contribution in [-0.2, 0) is 11.3 Å². The van der Waals surface area contributed by atoms with E-state index in [0.29, 0.717) is 0 Å². The average molecular weight is 409 g/mol. The molecule has 30 heavy (non-hydrogen) atoms. The molecule has 160 valence electrons. The van der Waals surface area contributed by atoms with Crippen molar-refractivity contribution in [3.63, 3.8) is 0 Å². The Kier molecular flexibility index (Phi) is 6.35. The zero-order chi connectivity index (χ0) is 21.0. The van der Waals surface area contributed by atoms with Gasteiger partial charge in [0, 0.05) is 75.9 Å². The van der Waals surface area contributed by atoms with Crippen molar-refractivity contribution in [2.24, 2.45) is 5.41 Å². The van der Waals surface area contributed by atoms with E-state index in [1.807, 2.05) is 60.6 Å². The van der Waals surface area contributed by atoms with E-state index in [-0.39, 0.29) is 11.3 Å². The number of anilines is 1. The summed E-state index contributed by atoms with van der Waals surface area (Å²) in [5, 5.41) is 0. The molecule has 1 amide bonds. The number of carbonyl (C=O) groups is 1. The molecule has 3 heterocycles. The summed E-state index contributed by atoms with van der Waals surface area (Å²) in [6, 6.07) is 12.1. The molecule has 2 saturated heterocycles. The summed E-state index contributed by atoms with van der Waals surface area (Å²) in [5.74, 6) is 0.137. The van der Waals surface area contributed by atoms with E-state index in [4.69, 9.17) is 4.74 Å². The third-order valence-electron chi connectivity index (χ3n) is 6.42. The molecular weight excluding hydrogens is 376 g/mol. The molecule has 2 aliphatic rings. The second-order valence-electron chi connectivity index (χ2n) is 8.85. The number of ether oxygens (including phenoxy) is 1. The van der Waals surface area contributed by atoms with Gasteiger partial charge in [-0.15, -0.1) is 0 Å². The maximum absolute atomic E-state index is 13.0. The normalized spacial score (nSPS) is 19.5. The van der Waals surface area contributed by atoms with E-state index in [9.17, 15) is 4.79 Å². The van der Waals surface area contributed by atoms with Gasteiger partial charge in [-0.2, -0.15) is 0 Å². The lowest BCUT2D eigenvalue weighted by Gasteiger charge is -2.42. The minimum absolute atomic E-state index is 0.134. The second-order valence-corrected chi connectivity index (χ2v) is 8.85. The number of benzene rings is 1. The molecular formula is C24H32N4O2. The van der Waals surface area contributed by atoms with Gasteiger partial charge in [0.05, 0.1) is 13.2 Å². The van der Waals surface area contributed by atoms with Gasteiger partial charge in [-0.05, 0) is 54.8 Å². The Bertz CT molecular complexity index is 830. The van der Waals surface area contributed by atoms with Gasteiger partial charge in [0.25, 0.3) is 5.91 Å². The van der Waals surface area contributed by atoms with Crippen molar-refractivity contribution >= 4 is 11.6 Å². The van der Waals surface area contributed by atoms with E-state index in [1.54, 1.807) is 0 Å². The van der Waals surface area contributed by atoms with Crippen LogP contribution in [-0.4, -0.2) is 74.2 Å². The van der Waals surface area contributed by atoms with Crippen molar-refractivity contribution in [1.82, 2.24) is 14.8 Å². The Morgan fingerprint density at radius 3 is 2.43 bits per heavy atom. The van der Waals surface area contributed by atoms with Crippen LogP contribution < -0.4 is 4.90 Å². The molecule has 1 aromatic carbocycles. The van der Waals surface area contributed by atoms with Gasteiger partial charge in [0.1, 0.15) is 0 Å². The van der Waals surface area contributed by atoms with Gasteiger partial charge in [-0.1, -0.05) is 0 Å². The molecule has 2 fully saturated rings. The average Bonchev–Trinajstić information content (AvgIpc) is 2.96. The molecule has 0 atom stereocenters. The summed E-state index contributed by atoms with van der Waals surface area (Å²) >= 11 is 0. The summed E-state index contributed by atoms with van der Waals surface area (Å²) < 4.78 is 6.01. The van der Waals surface area contributed by atoms with Crippen LogP contribution in [0.1, 0.15) is 28.8 Å². The smallest absolute Gasteiger partial charge is 0.253 e. The highest BCUT2D eigenvalue weighted by atomic mass is 16.5. The maximum Gasteiger partial charge on any atom is 0.253 e. The summed E-state index contributed by atoms with van der Waals surface area (Å²) in [6.45, 7) is 6.04. The topological polar surface area (TPSA) is 48.9 Å². The minimum atomic E-state index is 0.134. The fraction of sp³-hybridized carbons (Fsp3) is 0.500. The second kappa shape index (κ2) is 9.14. The maximum atomic E-state index is 13.0. The van der Waals surface area contributed by atoms with Crippen molar-refractivity contribution in [2.75, 3.05) is 58.4 Å². The quantitative estimate of drug-likeness (QED) is 0.779. The fourth-order valence-electron chi connectivity index (χ4n) is 4.53. The van der Waals surface area contributed by atoms with E-state index >= 15 is 0 Å². The van der Waals surface area contributed by atoms with Crippen LogP contribution in [0.2, 0.25) is 0 Å². The van der Waals surface area contributed by atoms with Crippen LogP contribution in [0.25, 0.3) is 0 Å². The SMILES string of the molecule is CN(C)c1ccc(C(=O)N2CCC3(CC2)COCCN(Cc2ccncc2)C3)cc1. The molecule has 6 nitrogen and oxygen atoms in total. The zero-order valence-corrected chi connectivity index (χ0v) is 18.1. The molecule has 1 spiro atoms. The molecule has 2 aromatic rings. The summed E-state index contributed by atoms with van der Waals surface area (Å²) in [4.78, 5) is 23.7. The first-order chi connectivity index (χ1) is 14.5. The predicted octanol–water partition coefficient (Wildman–Crippen LogP) is 2.90. The summed E-state index contributed by atoms with van der Waals surface area (Å²) in [7, 11) is 4.02.